The number of benzene rings is 3. The Balaban J connectivity index is 1.51. The summed E-state index contributed by atoms with van der Waals surface area (Å²) in [6.07, 6.45) is 4.15. The lowest BCUT2D eigenvalue weighted by molar-refractivity contribution is 0.159. The molecule has 0 unspecified atom stereocenters. The van der Waals surface area contributed by atoms with Crippen LogP contribution in [0.4, 0.5) is 0 Å². The van der Waals surface area contributed by atoms with Gasteiger partial charge in [-0.25, -0.2) is 12.4 Å². The lowest BCUT2D eigenvalue weighted by atomic mass is 10.1. The first-order valence-corrected chi connectivity index (χ1v) is 14.6. The molecule has 0 radical (unpaired) electrons. The van der Waals surface area contributed by atoms with Gasteiger partial charge in [-0.3, -0.25) is 5.01 Å². The number of aromatic nitrogens is 1. The molecule has 2 heterocycles. The van der Waals surface area contributed by atoms with Crippen molar-refractivity contribution in [1.29, 1.82) is 0 Å². The van der Waals surface area contributed by atoms with E-state index in [9.17, 15) is 8.42 Å². The summed E-state index contributed by atoms with van der Waals surface area (Å²) in [5, 5.41) is 7.77. The molecule has 5 rings (SSSR count). The number of hydrazone groups is 1. The zero-order chi connectivity index (χ0) is 25.7. The van der Waals surface area contributed by atoms with Crippen LogP contribution in [-0.4, -0.2) is 67.5 Å². The van der Waals surface area contributed by atoms with Gasteiger partial charge in [-0.1, -0.05) is 78.9 Å². The summed E-state index contributed by atoms with van der Waals surface area (Å²) in [4.78, 5) is 2.29. The van der Waals surface area contributed by atoms with Crippen molar-refractivity contribution in [3.63, 3.8) is 0 Å². The molecule has 0 saturated carbocycles. The lowest BCUT2D eigenvalue weighted by Crippen LogP contribution is -2.41. The van der Waals surface area contributed by atoms with Gasteiger partial charge >= 0.3 is 0 Å². The number of likely N-dealkylation sites (N-methyl/N-ethyl adjacent to an activating group) is 1. The van der Waals surface area contributed by atoms with Gasteiger partial charge in [-0.15, -0.1) is 0 Å². The van der Waals surface area contributed by atoms with Crippen LogP contribution in [-0.2, 0) is 16.4 Å². The van der Waals surface area contributed by atoms with Crippen LogP contribution in [0.15, 0.2) is 90.0 Å². The zero-order valence-corrected chi connectivity index (χ0v) is 22.1. The van der Waals surface area contributed by atoms with Crippen molar-refractivity contribution in [2.45, 2.75) is 19.3 Å². The highest BCUT2D eigenvalue weighted by atomic mass is 32.2. The first kappa shape index (κ1) is 25.2. The summed E-state index contributed by atoms with van der Waals surface area (Å²) >= 11 is 0. The number of unbranched alkanes of at least 4 members (excludes halogenated alkanes) is 1. The molecule has 1 saturated heterocycles. The third-order valence-electron chi connectivity index (χ3n) is 6.99. The number of fused-ring (bicyclic) bond motifs is 1. The SMILES string of the molecule is CN1CCN(/N=C/c2c(-c3ccccc3)n(S(=O)(=O)CCCCc3ccccc3)c3ccccc23)CC1. The number of para-hydroxylation sites is 1. The van der Waals surface area contributed by atoms with E-state index in [-0.39, 0.29) is 5.75 Å². The molecule has 6 nitrogen and oxygen atoms in total. The van der Waals surface area contributed by atoms with Crippen LogP contribution in [0, 0.1) is 0 Å². The largest absolute Gasteiger partial charge is 0.303 e. The Bertz CT molecular complexity index is 1460. The van der Waals surface area contributed by atoms with Crippen LogP contribution in [0.1, 0.15) is 24.0 Å². The van der Waals surface area contributed by atoms with Gasteiger partial charge in [0.25, 0.3) is 0 Å². The first-order chi connectivity index (χ1) is 18.0. The monoisotopic (exact) mass is 514 g/mol. The van der Waals surface area contributed by atoms with E-state index in [1.165, 1.54) is 5.56 Å². The van der Waals surface area contributed by atoms with E-state index < -0.39 is 10.0 Å². The minimum atomic E-state index is -3.62. The van der Waals surface area contributed by atoms with Crippen LogP contribution in [0.3, 0.4) is 0 Å². The van der Waals surface area contributed by atoms with Crippen molar-refractivity contribution in [2.75, 3.05) is 39.0 Å². The molecule has 0 aliphatic carbocycles. The molecule has 0 bridgehead atoms. The Morgan fingerprint density at radius 2 is 1.46 bits per heavy atom. The van der Waals surface area contributed by atoms with Crippen molar-refractivity contribution in [1.82, 2.24) is 13.9 Å². The number of nitrogens with zero attached hydrogens (tertiary/aromatic N) is 4. The van der Waals surface area contributed by atoms with E-state index in [1.807, 2.05) is 79.0 Å². The van der Waals surface area contributed by atoms with Gasteiger partial charge < -0.3 is 4.90 Å². The number of rotatable bonds is 9. The van der Waals surface area contributed by atoms with Gasteiger partial charge in [0.15, 0.2) is 0 Å². The summed E-state index contributed by atoms with van der Waals surface area (Å²) in [6.45, 7) is 3.63. The molecule has 7 heteroatoms. The molecule has 0 N–H and O–H groups in total. The maximum Gasteiger partial charge on any atom is 0.239 e. The Kier molecular flexibility index (Phi) is 7.72. The van der Waals surface area contributed by atoms with Crippen LogP contribution in [0.25, 0.3) is 22.2 Å². The Labute approximate surface area is 219 Å². The predicted octanol–water partition coefficient (Wildman–Crippen LogP) is 5.09. The van der Waals surface area contributed by atoms with Crippen molar-refractivity contribution in [3.8, 4) is 11.3 Å². The number of hydrogen-bond acceptors (Lipinski definition) is 5. The van der Waals surface area contributed by atoms with Gasteiger partial charge in [-0.2, -0.15) is 5.10 Å². The van der Waals surface area contributed by atoms with Crippen LogP contribution in [0.2, 0.25) is 0 Å². The highest BCUT2D eigenvalue weighted by molar-refractivity contribution is 7.90. The highest BCUT2D eigenvalue weighted by Gasteiger charge is 2.25. The van der Waals surface area contributed by atoms with Crippen LogP contribution >= 0.6 is 0 Å². The molecular formula is C30H34N4O2S. The van der Waals surface area contributed by atoms with Crippen molar-refractivity contribution >= 4 is 27.1 Å². The summed E-state index contributed by atoms with van der Waals surface area (Å²) in [6, 6.07) is 27.8. The fourth-order valence-corrected chi connectivity index (χ4v) is 6.62. The molecule has 37 heavy (non-hydrogen) atoms. The van der Waals surface area contributed by atoms with Gasteiger partial charge in [0.05, 0.1) is 23.2 Å². The quantitative estimate of drug-likeness (QED) is 0.231. The third kappa shape index (κ3) is 5.78. The maximum absolute atomic E-state index is 13.9. The summed E-state index contributed by atoms with van der Waals surface area (Å²) < 4.78 is 29.4. The minimum absolute atomic E-state index is 0.0907. The maximum atomic E-state index is 13.9. The second-order valence-corrected chi connectivity index (χ2v) is 11.6. The topological polar surface area (TPSA) is 57.9 Å². The lowest BCUT2D eigenvalue weighted by Gasteiger charge is -2.30. The molecule has 1 aromatic heterocycles. The smallest absolute Gasteiger partial charge is 0.239 e. The average Bonchev–Trinajstić information content (AvgIpc) is 3.27. The number of aryl methyl sites for hydroxylation is 1. The predicted molar refractivity (Wildman–Crippen MR) is 153 cm³/mol. The van der Waals surface area contributed by atoms with Gasteiger partial charge in [0.2, 0.25) is 10.0 Å². The Morgan fingerprint density at radius 3 is 2.19 bits per heavy atom. The molecule has 3 aromatic carbocycles. The molecule has 1 aliphatic heterocycles. The average molecular weight is 515 g/mol. The zero-order valence-electron chi connectivity index (χ0n) is 21.3. The summed E-state index contributed by atoms with van der Waals surface area (Å²) in [5.41, 5.74) is 4.32. The van der Waals surface area contributed by atoms with Gasteiger partial charge in [0.1, 0.15) is 0 Å². The van der Waals surface area contributed by atoms with E-state index >= 15 is 0 Å². The number of piperazine rings is 1. The molecular weight excluding hydrogens is 480 g/mol. The van der Waals surface area contributed by atoms with Crippen molar-refractivity contribution in [2.24, 2.45) is 5.10 Å². The van der Waals surface area contributed by atoms with E-state index in [4.69, 9.17) is 5.10 Å². The third-order valence-corrected chi connectivity index (χ3v) is 8.73. The van der Waals surface area contributed by atoms with E-state index in [0.29, 0.717) is 17.6 Å². The second-order valence-electron chi connectivity index (χ2n) is 9.67. The molecule has 1 aliphatic rings. The van der Waals surface area contributed by atoms with E-state index in [2.05, 4.69) is 29.1 Å². The molecule has 192 valence electrons. The van der Waals surface area contributed by atoms with Crippen molar-refractivity contribution in [3.05, 3.63) is 96.1 Å². The highest BCUT2D eigenvalue weighted by Crippen LogP contribution is 2.34. The van der Waals surface area contributed by atoms with Gasteiger partial charge in [-0.05, 0) is 43.5 Å². The van der Waals surface area contributed by atoms with Crippen molar-refractivity contribution < 1.29 is 8.42 Å². The summed E-state index contributed by atoms with van der Waals surface area (Å²) in [5.74, 6) is 0.0907. The minimum Gasteiger partial charge on any atom is -0.303 e. The van der Waals surface area contributed by atoms with Crippen LogP contribution < -0.4 is 0 Å². The first-order valence-electron chi connectivity index (χ1n) is 13.0. The molecule has 0 atom stereocenters. The van der Waals surface area contributed by atoms with E-state index in [1.54, 1.807) is 3.97 Å². The Morgan fingerprint density at radius 1 is 0.811 bits per heavy atom. The normalized spacial score (nSPS) is 15.1. The summed E-state index contributed by atoms with van der Waals surface area (Å²) in [7, 11) is -1.50. The van der Waals surface area contributed by atoms with Crippen LogP contribution in [0.5, 0.6) is 0 Å². The number of hydrogen-bond donors (Lipinski definition) is 0. The second kappa shape index (κ2) is 11.3. The Hall–Kier alpha value is -3.42. The molecule has 0 amide bonds. The molecule has 4 aromatic rings. The molecule has 1 fully saturated rings. The molecule has 0 spiro atoms. The fourth-order valence-electron chi connectivity index (χ4n) is 4.92. The fraction of sp³-hybridized carbons (Fsp3) is 0.300. The van der Waals surface area contributed by atoms with Gasteiger partial charge in [0, 0.05) is 37.1 Å². The van der Waals surface area contributed by atoms with E-state index in [0.717, 1.165) is 55.5 Å². The standard InChI is InChI=1S/C30H34N4O2S/c1-32-19-21-33(22-20-32)31-24-28-27-17-8-9-18-29(27)34(30(28)26-15-6-3-7-16-26)37(35,36)23-11-10-14-25-12-4-2-5-13-25/h2-9,12-13,15-18,24H,10-11,14,19-23H2,1H3/b31-24+.